The molecule has 2 N–H and O–H groups in total. The number of aromatic nitrogens is 3. The Morgan fingerprint density at radius 1 is 1.28 bits per heavy atom. The van der Waals surface area contributed by atoms with Crippen LogP contribution in [0.5, 0.6) is 0 Å². The van der Waals surface area contributed by atoms with Crippen molar-refractivity contribution < 1.29 is 0 Å². The minimum atomic E-state index is 0.484. The quantitative estimate of drug-likeness (QED) is 0.623. The fourth-order valence-electron chi connectivity index (χ4n) is 3.45. The van der Waals surface area contributed by atoms with Gasteiger partial charge in [-0.3, -0.25) is 0 Å². The van der Waals surface area contributed by atoms with E-state index in [9.17, 15) is 5.26 Å². The van der Waals surface area contributed by atoms with Crippen LogP contribution in [0.3, 0.4) is 0 Å². The number of hydrogen-bond donors (Lipinski definition) is 2. The van der Waals surface area contributed by atoms with Crippen molar-refractivity contribution in [2.24, 2.45) is 0 Å². The fourth-order valence-corrected chi connectivity index (χ4v) is 4.29. The number of piperazine rings is 1. The van der Waals surface area contributed by atoms with Gasteiger partial charge >= 0.3 is 0 Å². The number of nitriles is 1. The highest BCUT2D eigenvalue weighted by atomic mass is 32.2. The number of anilines is 2. The van der Waals surface area contributed by atoms with Crippen LogP contribution >= 0.6 is 11.8 Å². The maximum Gasteiger partial charge on any atom is 0.223 e. The molecule has 0 unspecified atom stereocenters. The Balaban J connectivity index is 1.33. The highest BCUT2D eigenvalue weighted by molar-refractivity contribution is 8.06. The highest BCUT2D eigenvalue weighted by Crippen LogP contribution is 2.31. The molecule has 0 bridgehead atoms. The summed E-state index contributed by atoms with van der Waals surface area (Å²) in [5, 5.41) is 18.7. The minimum Gasteiger partial charge on any atom is -0.354 e. The lowest BCUT2D eigenvalue weighted by Gasteiger charge is -2.33. The number of rotatable bonds is 7. The lowest BCUT2D eigenvalue weighted by molar-refractivity contribution is 0.312. The van der Waals surface area contributed by atoms with Crippen LogP contribution in [0.25, 0.3) is 5.57 Å². The highest BCUT2D eigenvalue weighted by Gasteiger charge is 2.17. The van der Waals surface area contributed by atoms with E-state index in [0.717, 1.165) is 54.7 Å². The Morgan fingerprint density at radius 2 is 2.12 bits per heavy atom. The number of nitrogens with zero attached hydrogens (tertiary/aromatic N) is 6. The Labute approximate surface area is 192 Å². The van der Waals surface area contributed by atoms with Gasteiger partial charge in [0.15, 0.2) is 0 Å². The lowest BCUT2D eigenvalue weighted by atomic mass is 10.2. The molecule has 0 aliphatic carbocycles. The molecule has 0 radical (unpaired) electrons. The molecule has 0 atom stereocenters. The van der Waals surface area contributed by atoms with E-state index in [1.54, 1.807) is 18.3 Å². The summed E-state index contributed by atoms with van der Waals surface area (Å²) in [6.07, 6.45) is 6.13. The van der Waals surface area contributed by atoms with E-state index in [0.29, 0.717) is 23.8 Å². The summed E-state index contributed by atoms with van der Waals surface area (Å²) in [5.74, 6) is 1.54. The van der Waals surface area contributed by atoms with Crippen LogP contribution in [0.4, 0.5) is 11.8 Å². The van der Waals surface area contributed by atoms with Crippen molar-refractivity contribution in [3.8, 4) is 6.07 Å². The summed E-state index contributed by atoms with van der Waals surface area (Å²) in [4.78, 5) is 18.1. The number of hydrogen-bond acceptors (Lipinski definition) is 9. The van der Waals surface area contributed by atoms with Gasteiger partial charge in [0.25, 0.3) is 0 Å². The van der Waals surface area contributed by atoms with E-state index in [1.165, 1.54) is 11.8 Å². The number of nitrogens with one attached hydrogen (secondary N) is 2. The van der Waals surface area contributed by atoms with Gasteiger partial charge in [0.05, 0.1) is 10.7 Å². The van der Waals surface area contributed by atoms with Crippen LogP contribution in [-0.4, -0.2) is 59.6 Å². The molecule has 0 saturated carbocycles. The molecule has 164 valence electrons. The predicted octanol–water partition coefficient (Wildman–Crippen LogP) is 2.83. The predicted molar refractivity (Wildman–Crippen MR) is 130 cm³/mol. The Morgan fingerprint density at radius 3 is 2.81 bits per heavy atom. The molecular formula is C23H26N8S. The summed E-state index contributed by atoms with van der Waals surface area (Å²) in [5.41, 5.74) is 3.09. The maximum atomic E-state index is 9.64. The third-order valence-corrected chi connectivity index (χ3v) is 6.28. The van der Waals surface area contributed by atoms with Gasteiger partial charge < -0.3 is 20.4 Å². The van der Waals surface area contributed by atoms with Gasteiger partial charge in [0, 0.05) is 56.2 Å². The maximum absolute atomic E-state index is 9.64. The third-order valence-electron chi connectivity index (χ3n) is 5.37. The molecule has 2 aromatic heterocycles. The first-order valence-electron chi connectivity index (χ1n) is 10.5. The molecule has 2 aliphatic heterocycles. The van der Waals surface area contributed by atoms with Gasteiger partial charge in [-0.25, -0.2) is 15.0 Å². The molecule has 2 aliphatic rings. The van der Waals surface area contributed by atoms with Crippen LogP contribution in [0.15, 0.2) is 59.4 Å². The van der Waals surface area contributed by atoms with Crippen LogP contribution in [0.1, 0.15) is 11.3 Å². The second kappa shape index (κ2) is 10.3. The topological polar surface area (TPSA) is 93.0 Å². The van der Waals surface area contributed by atoms with Gasteiger partial charge in [-0.1, -0.05) is 24.4 Å². The van der Waals surface area contributed by atoms with E-state index in [1.807, 2.05) is 11.6 Å². The molecule has 1 saturated heterocycles. The Kier molecular flexibility index (Phi) is 7.04. The molecule has 1 fully saturated rings. The number of thioether (sulfide) groups is 1. The molecule has 32 heavy (non-hydrogen) atoms. The average molecular weight is 447 g/mol. The van der Waals surface area contributed by atoms with Crippen LogP contribution < -0.4 is 15.5 Å². The van der Waals surface area contributed by atoms with Gasteiger partial charge in [-0.2, -0.15) is 5.26 Å². The fraction of sp³-hybridized carbons (Fsp3) is 0.304. The molecule has 0 aromatic carbocycles. The minimum absolute atomic E-state index is 0.484. The first-order chi connectivity index (χ1) is 15.7. The number of likely N-dealkylation sites (N-methyl/N-ethyl adjacent to an activating group) is 1. The molecular weight excluding hydrogens is 420 g/mol. The zero-order valence-electron chi connectivity index (χ0n) is 18.1. The monoisotopic (exact) mass is 446 g/mol. The standard InChI is InChI=1S/C23H26N8S/c1-3-18-16-32-22(28-18)19(14-24)20-7-9-26-23(29-20)25-8-6-17-4-5-21(27-15-17)31-12-10-30(2)11-13-31/h3-5,7,9,15-16,28H,1,6,8,10-13H2,2H3,(H,25,26,29)/b22-19-. The molecule has 0 spiro atoms. The molecule has 4 rings (SSSR count). The summed E-state index contributed by atoms with van der Waals surface area (Å²) in [6, 6.07) is 8.21. The van der Waals surface area contributed by atoms with Gasteiger partial charge in [0.2, 0.25) is 5.95 Å². The lowest BCUT2D eigenvalue weighted by Crippen LogP contribution is -2.44. The van der Waals surface area contributed by atoms with Crippen molar-refractivity contribution in [1.82, 2.24) is 25.2 Å². The summed E-state index contributed by atoms with van der Waals surface area (Å²) < 4.78 is 0. The Bertz CT molecular complexity index is 1060. The van der Waals surface area contributed by atoms with E-state index in [2.05, 4.69) is 67.2 Å². The molecule has 4 heterocycles. The first-order valence-corrected chi connectivity index (χ1v) is 11.4. The second-order valence-electron chi connectivity index (χ2n) is 7.59. The summed E-state index contributed by atoms with van der Waals surface area (Å²) >= 11 is 1.45. The Hall–Kier alpha value is -3.35. The van der Waals surface area contributed by atoms with E-state index >= 15 is 0 Å². The number of allylic oxidation sites excluding steroid dienone is 2. The molecule has 2 aromatic rings. The normalized spacial score (nSPS) is 17.9. The van der Waals surface area contributed by atoms with E-state index in [-0.39, 0.29) is 0 Å². The van der Waals surface area contributed by atoms with Crippen molar-refractivity contribution in [2.45, 2.75) is 6.42 Å². The second-order valence-corrected chi connectivity index (χ2v) is 8.47. The SMILES string of the molecule is C=CC1=CS/C(=C(/C#N)c2ccnc(NCCc3ccc(N4CCN(C)CC4)nc3)n2)N1. The van der Waals surface area contributed by atoms with Crippen molar-refractivity contribution in [2.75, 3.05) is 50.0 Å². The van der Waals surface area contributed by atoms with Crippen molar-refractivity contribution >= 4 is 29.1 Å². The zero-order valence-corrected chi connectivity index (χ0v) is 18.9. The van der Waals surface area contributed by atoms with Crippen LogP contribution in [-0.2, 0) is 6.42 Å². The average Bonchev–Trinajstić information content (AvgIpc) is 3.30. The van der Waals surface area contributed by atoms with Crippen molar-refractivity contribution in [1.29, 1.82) is 5.26 Å². The molecule has 8 nitrogen and oxygen atoms in total. The van der Waals surface area contributed by atoms with Crippen molar-refractivity contribution in [3.05, 3.63) is 70.6 Å². The molecule has 9 heteroatoms. The van der Waals surface area contributed by atoms with Crippen molar-refractivity contribution in [3.63, 3.8) is 0 Å². The van der Waals surface area contributed by atoms with Gasteiger partial charge in [-0.05, 0) is 37.2 Å². The first kappa shape index (κ1) is 21.9. The van der Waals surface area contributed by atoms with Gasteiger partial charge in [-0.15, -0.1) is 0 Å². The van der Waals surface area contributed by atoms with Crippen LogP contribution in [0, 0.1) is 11.3 Å². The largest absolute Gasteiger partial charge is 0.354 e. The number of pyridine rings is 1. The van der Waals surface area contributed by atoms with Crippen LogP contribution in [0.2, 0.25) is 0 Å². The summed E-state index contributed by atoms with van der Waals surface area (Å²) in [7, 11) is 2.15. The molecule has 0 amide bonds. The van der Waals surface area contributed by atoms with E-state index < -0.39 is 0 Å². The van der Waals surface area contributed by atoms with E-state index in [4.69, 9.17) is 0 Å². The third kappa shape index (κ3) is 5.28. The zero-order chi connectivity index (χ0) is 22.3. The summed E-state index contributed by atoms with van der Waals surface area (Å²) in [6.45, 7) is 8.58. The smallest absolute Gasteiger partial charge is 0.223 e. The van der Waals surface area contributed by atoms with Gasteiger partial charge in [0.1, 0.15) is 17.5 Å².